The van der Waals surface area contributed by atoms with E-state index in [0.717, 1.165) is 47.5 Å². The zero-order valence-corrected chi connectivity index (χ0v) is 18.1. The van der Waals surface area contributed by atoms with Crippen molar-refractivity contribution in [2.75, 3.05) is 26.2 Å². The van der Waals surface area contributed by atoms with Gasteiger partial charge >= 0.3 is 0 Å². The predicted octanol–water partition coefficient (Wildman–Crippen LogP) is 3.96. The van der Waals surface area contributed by atoms with Crippen molar-refractivity contribution in [3.63, 3.8) is 0 Å². The van der Waals surface area contributed by atoms with Crippen LogP contribution in [0.1, 0.15) is 21.6 Å². The van der Waals surface area contributed by atoms with Gasteiger partial charge < -0.3 is 4.90 Å². The van der Waals surface area contributed by atoms with Crippen molar-refractivity contribution >= 4 is 16.8 Å². The summed E-state index contributed by atoms with van der Waals surface area (Å²) < 4.78 is 0. The van der Waals surface area contributed by atoms with Crippen LogP contribution in [0.4, 0.5) is 0 Å². The van der Waals surface area contributed by atoms with E-state index in [2.05, 4.69) is 27.9 Å². The Morgan fingerprint density at radius 3 is 2.50 bits per heavy atom. The van der Waals surface area contributed by atoms with Gasteiger partial charge in [0.1, 0.15) is 0 Å². The molecule has 5 rings (SSSR count). The van der Waals surface area contributed by atoms with E-state index in [-0.39, 0.29) is 5.91 Å². The second kappa shape index (κ2) is 8.85. The summed E-state index contributed by atoms with van der Waals surface area (Å²) in [6.45, 7) is 5.98. The number of hydrogen-bond acceptors (Lipinski definition) is 5. The number of rotatable bonds is 4. The molecule has 160 valence electrons. The van der Waals surface area contributed by atoms with E-state index in [9.17, 15) is 4.79 Å². The normalized spacial score (nSPS) is 14.6. The lowest BCUT2D eigenvalue weighted by Crippen LogP contribution is -2.48. The lowest BCUT2D eigenvalue weighted by molar-refractivity contribution is 0.0628. The van der Waals surface area contributed by atoms with E-state index in [1.54, 1.807) is 12.4 Å². The molecule has 1 aromatic carbocycles. The van der Waals surface area contributed by atoms with Crippen LogP contribution in [0.5, 0.6) is 0 Å². The van der Waals surface area contributed by atoms with Crippen LogP contribution in [0.3, 0.4) is 0 Å². The average Bonchev–Trinajstić information content (AvgIpc) is 2.85. The first-order chi connectivity index (χ1) is 15.7. The maximum Gasteiger partial charge on any atom is 0.254 e. The van der Waals surface area contributed by atoms with Gasteiger partial charge in [-0.05, 0) is 42.8 Å². The van der Waals surface area contributed by atoms with Crippen molar-refractivity contribution in [2.24, 2.45) is 0 Å². The lowest BCUT2D eigenvalue weighted by atomic mass is 10.0. The van der Waals surface area contributed by atoms with Gasteiger partial charge in [-0.1, -0.05) is 24.3 Å². The molecule has 4 heterocycles. The first-order valence-corrected chi connectivity index (χ1v) is 10.9. The third-order valence-electron chi connectivity index (χ3n) is 6.07. The number of para-hydroxylation sites is 1. The first-order valence-electron chi connectivity index (χ1n) is 10.9. The van der Waals surface area contributed by atoms with Crippen LogP contribution >= 0.6 is 0 Å². The fraction of sp³-hybridized carbons (Fsp3) is 0.231. The molecule has 1 aliphatic rings. The predicted molar refractivity (Wildman–Crippen MR) is 125 cm³/mol. The SMILES string of the molecule is Cc1cccnc1CN1CCN(C(=O)c2cc(-c3ccncc3)nc3ccccc23)CC1. The average molecular weight is 424 g/mol. The number of fused-ring (bicyclic) bond motifs is 1. The summed E-state index contributed by atoms with van der Waals surface area (Å²) in [5.74, 6) is 0.0626. The van der Waals surface area contributed by atoms with E-state index < -0.39 is 0 Å². The van der Waals surface area contributed by atoms with Gasteiger partial charge in [-0.2, -0.15) is 0 Å². The molecule has 0 unspecified atom stereocenters. The summed E-state index contributed by atoms with van der Waals surface area (Å²) in [5, 5.41) is 0.891. The maximum atomic E-state index is 13.6. The Morgan fingerprint density at radius 1 is 0.938 bits per heavy atom. The molecular weight excluding hydrogens is 398 g/mol. The minimum atomic E-state index is 0.0626. The van der Waals surface area contributed by atoms with E-state index in [1.165, 1.54) is 5.56 Å². The number of pyridine rings is 3. The zero-order valence-electron chi connectivity index (χ0n) is 18.1. The molecule has 1 amide bonds. The van der Waals surface area contributed by atoms with Crippen molar-refractivity contribution in [2.45, 2.75) is 13.5 Å². The standard InChI is InChI=1S/C26H25N5O/c1-19-5-4-10-28-25(19)18-30-13-15-31(16-14-30)26(32)22-17-24(20-8-11-27-12-9-20)29-23-7-3-2-6-21(22)23/h2-12,17H,13-16,18H2,1H3. The van der Waals surface area contributed by atoms with Crippen LogP contribution in [-0.4, -0.2) is 56.8 Å². The Labute approximate surface area is 187 Å². The molecule has 0 bridgehead atoms. The third-order valence-corrected chi connectivity index (χ3v) is 6.07. The van der Waals surface area contributed by atoms with Gasteiger partial charge in [-0.25, -0.2) is 4.98 Å². The summed E-state index contributed by atoms with van der Waals surface area (Å²) in [5.41, 5.74) is 5.59. The fourth-order valence-electron chi connectivity index (χ4n) is 4.20. The number of nitrogens with zero attached hydrogens (tertiary/aromatic N) is 5. The first kappa shape index (κ1) is 20.3. The number of aromatic nitrogens is 3. The Morgan fingerprint density at radius 2 is 1.72 bits per heavy atom. The van der Waals surface area contributed by atoms with Crippen molar-refractivity contribution < 1.29 is 4.79 Å². The van der Waals surface area contributed by atoms with Gasteiger partial charge in [0.2, 0.25) is 0 Å². The second-order valence-corrected chi connectivity index (χ2v) is 8.14. The molecule has 0 saturated carbocycles. The van der Waals surface area contributed by atoms with Crippen LogP contribution in [0, 0.1) is 6.92 Å². The van der Waals surface area contributed by atoms with Crippen LogP contribution in [-0.2, 0) is 6.54 Å². The molecule has 0 aliphatic carbocycles. The molecule has 1 aliphatic heterocycles. The zero-order chi connectivity index (χ0) is 21.9. The third kappa shape index (κ3) is 4.09. The van der Waals surface area contributed by atoms with E-state index in [4.69, 9.17) is 4.98 Å². The number of aryl methyl sites for hydroxylation is 1. The summed E-state index contributed by atoms with van der Waals surface area (Å²) in [4.78, 5) is 31.3. The second-order valence-electron chi connectivity index (χ2n) is 8.14. The number of hydrogen-bond donors (Lipinski definition) is 0. The van der Waals surface area contributed by atoms with Gasteiger partial charge in [0.05, 0.1) is 22.5 Å². The van der Waals surface area contributed by atoms with Gasteiger partial charge in [0, 0.05) is 62.3 Å². The Bertz CT molecular complexity index is 1250. The number of benzene rings is 1. The van der Waals surface area contributed by atoms with Crippen LogP contribution in [0.15, 0.2) is 73.2 Å². The van der Waals surface area contributed by atoms with Gasteiger partial charge in [0.15, 0.2) is 0 Å². The van der Waals surface area contributed by atoms with Crippen LogP contribution < -0.4 is 0 Å². The summed E-state index contributed by atoms with van der Waals surface area (Å²) in [6, 6.07) is 17.7. The van der Waals surface area contributed by atoms with Crippen molar-refractivity contribution in [1.29, 1.82) is 0 Å². The molecule has 6 heteroatoms. The molecular formula is C26H25N5O. The molecule has 6 nitrogen and oxygen atoms in total. The van der Waals surface area contributed by atoms with E-state index in [1.807, 2.05) is 59.6 Å². The van der Waals surface area contributed by atoms with Crippen molar-refractivity contribution in [3.05, 3.63) is 90.0 Å². The Balaban J connectivity index is 1.38. The smallest absolute Gasteiger partial charge is 0.254 e. The molecule has 0 N–H and O–H groups in total. The highest BCUT2D eigenvalue weighted by molar-refractivity contribution is 6.07. The molecule has 1 saturated heterocycles. The summed E-state index contributed by atoms with van der Waals surface area (Å²) in [6.07, 6.45) is 5.34. The quantitative estimate of drug-likeness (QED) is 0.497. The Kier molecular flexibility index (Phi) is 5.60. The van der Waals surface area contributed by atoms with E-state index in [0.29, 0.717) is 18.7 Å². The van der Waals surface area contributed by atoms with Crippen molar-refractivity contribution in [1.82, 2.24) is 24.8 Å². The maximum absolute atomic E-state index is 13.6. The molecule has 0 atom stereocenters. The highest BCUT2D eigenvalue weighted by Crippen LogP contribution is 2.26. The molecule has 0 radical (unpaired) electrons. The summed E-state index contributed by atoms with van der Waals surface area (Å²) in [7, 11) is 0. The largest absolute Gasteiger partial charge is 0.336 e. The Hall–Kier alpha value is -3.64. The fourth-order valence-corrected chi connectivity index (χ4v) is 4.20. The molecule has 32 heavy (non-hydrogen) atoms. The summed E-state index contributed by atoms with van der Waals surface area (Å²) >= 11 is 0. The minimum absolute atomic E-state index is 0.0626. The highest BCUT2D eigenvalue weighted by Gasteiger charge is 2.24. The van der Waals surface area contributed by atoms with Gasteiger partial charge in [-0.3, -0.25) is 19.7 Å². The number of carbonyl (C=O) groups excluding carboxylic acids is 1. The molecule has 3 aromatic heterocycles. The van der Waals surface area contributed by atoms with E-state index >= 15 is 0 Å². The van der Waals surface area contributed by atoms with Crippen LogP contribution in [0.2, 0.25) is 0 Å². The van der Waals surface area contributed by atoms with Gasteiger partial charge in [-0.15, -0.1) is 0 Å². The molecule has 4 aromatic rings. The number of piperazine rings is 1. The topological polar surface area (TPSA) is 62.2 Å². The monoisotopic (exact) mass is 423 g/mol. The van der Waals surface area contributed by atoms with Crippen LogP contribution in [0.25, 0.3) is 22.2 Å². The molecule has 0 spiro atoms. The molecule has 1 fully saturated rings. The van der Waals surface area contributed by atoms with Crippen molar-refractivity contribution in [3.8, 4) is 11.3 Å². The number of carbonyl (C=O) groups is 1. The lowest BCUT2D eigenvalue weighted by Gasteiger charge is -2.35. The highest BCUT2D eigenvalue weighted by atomic mass is 16.2. The van der Waals surface area contributed by atoms with Gasteiger partial charge in [0.25, 0.3) is 5.91 Å². The minimum Gasteiger partial charge on any atom is -0.336 e. The number of amides is 1.